The van der Waals surface area contributed by atoms with Crippen LogP contribution in [0.5, 0.6) is 5.75 Å². The minimum Gasteiger partial charge on any atom is -0.483 e. The van der Waals surface area contributed by atoms with Gasteiger partial charge >= 0.3 is 5.97 Å². The van der Waals surface area contributed by atoms with E-state index in [4.69, 9.17) is 9.47 Å². The van der Waals surface area contributed by atoms with Gasteiger partial charge in [0.2, 0.25) is 0 Å². The normalized spacial score (nSPS) is 17.5. The zero-order valence-corrected chi connectivity index (χ0v) is 13.4. The van der Waals surface area contributed by atoms with Gasteiger partial charge in [-0.3, -0.25) is 0 Å². The maximum atomic E-state index is 11.5. The van der Waals surface area contributed by atoms with Gasteiger partial charge in [-0.05, 0) is 12.5 Å². The smallest absolute Gasteiger partial charge is 0.358 e. The predicted octanol–water partition coefficient (Wildman–Crippen LogP) is 1.98. The topological polar surface area (TPSA) is 84.8 Å². The molecule has 1 unspecified atom stereocenters. The molecule has 1 aromatic carbocycles. The number of aromatic carboxylic acids is 1. The maximum Gasteiger partial charge on any atom is 0.358 e. The summed E-state index contributed by atoms with van der Waals surface area (Å²) < 4.78 is 11.3. The second-order valence-corrected chi connectivity index (χ2v) is 5.57. The van der Waals surface area contributed by atoms with Crippen molar-refractivity contribution in [3.8, 4) is 5.75 Å². The summed E-state index contributed by atoms with van der Waals surface area (Å²) in [7, 11) is 0. The Morgan fingerprint density at radius 1 is 1.38 bits per heavy atom. The maximum absolute atomic E-state index is 11.5. The Hall–Kier alpha value is -2.67. The van der Waals surface area contributed by atoms with E-state index in [1.165, 1.54) is 6.33 Å². The molecule has 0 saturated carbocycles. The highest BCUT2D eigenvalue weighted by Gasteiger charge is 2.27. The Labute approximate surface area is 139 Å². The molecule has 1 fully saturated rings. The van der Waals surface area contributed by atoms with Crippen LogP contribution in [0.4, 0.5) is 5.82 Å². The lowest BCUT2D eigenvalue weighted by atomic mass is 10.2. The number of aromatic nitrogens is 2. The van der Waals surface area contributed by atoms with Crippen molar-refractivity contribution in [3.63, 3.8) is 0 Å². The zero-order valence-electron chi connectivity index (χ0n) is 13.4. The highest BCUT2D eigenvalue weighted by atomic mass is 16.5. The Morgan fingerprint density at radius 2 is 2.17 bits per heavy atom. The lowest BCUT2D eigenvalue weighted by Crippen LogP contribution is -2.44. The molecule has 1 atom stereocenters. The Bertz CT molecular complexity index is 708. The fourth-order valence-corrected chi connectivity index (χ4v) is 2.63. The summed E-state index contributed by atoms with van der Waals surface area (Å²) in [6.07, 6.45) is 1.26. The molecule has 1 aromatic heterocycles. The Balaban J connectivity index is 1.93. The standard InChI is InChI=1S/C17H19N3O4/c1-12-9-23-8-7-20(12)16-15(14(17(21)22)18-11-19-16)24-10-13-5-3-2-4-6-13/h2-6,11-12H,7-10H2,1H3,(H,21,22). The minimum atomic E-state index is -1.14. The number of carboxylic acid groups (broad SMARTS) is 1. The van der Waals surface area contributed by atoms with Crippen LogP contribution in [0.25, 0.3) is 0 Å². The number of hydrogen-bond acceptors (Lipinski definition) is 6. The number of anilines is 1. The van der Waals surface area contributed by atoms with Gasteiger partial charge in [0.25, 0.3) is 0 Å². The van der Waals surface area contributed by atoms with E-state index in [1.54, 1.807) is 0 Å². The van der Waals surface area contributed by atoms with Gasteiger partial charge in [-0.1, -0.05) is 30.3 Å². The number of nitrogens with zero attached hydrogens (tertiary/aromatic N) is 3. The van der Waals surface area contributed by atoms with Gasteiger partial charge in [0, 0.05) is 6.54 Å². The summed E-state index contributed by atoms with van der Waals surface area (Å²) in [5.41, 5.74) is 0.813. The van der Waals surface area contributed by atoms with Crippen LogP contribution in [-0.4, -0.2) is 46.8 Å². The molecule has 24 heavy (non-hydrogen) atoms. The van der Waals surface area contributed by atoms with Crippen molar-refractivity contribution in [1.82, 2.24) is 9.97 Å². The molecule has 7 nitrogen and oxygen atoms in total. The van der Waals surface area contributed by atoms with Crippen molar-refractivity contribution in [2.75, 3.05) is 24.7 Å². The van der Waals surface area contributed by atoms with E-state index in [0.717, 1.165) is 5.56 Å². The molecule has 1 aliphatic heterocycles. The fourth-order valence-electron chi connectivity index (χ4n) is 2.63. The summed E-state index contributed by atoms with van der Waals surface area (Å²) in [5, 5.41) is 9.44. The number of carbonyl (C=O) groups is 1. The third-order valence-corrected chi connectivity index (χ3v) is 3.85. The van der Waals surface area contributed by atoms with Gasteiger partial charge in [0.15, 0.2) is 17.3 Å². The molecule has 1 aliphatic rings. The second-order valence-electron chi connectivity index (χ2n) is 5.57. The van der Waals surface area contributed by atoms with E-state index < -0.39 is 5.97 Å². The molecule has 1 saturated heterocycles. The molecular weight excluding hydrogens is 310 g/mol. The predicted molar refractivity (Wildman–Crippen MR) is 87.4 cm³/mol. The Kier molecular flexibility index (Phi) is 4.90. The van der Waals surface area contributed by atoms with Crippen molar-refractivity contribution >= 4 is 11.8 Å². The van der Waals surface area contributed by atoms with E-state index >= 15 is 0 Å². The second kappa shape index (κ2) is 7.27. The third kappa shape index (κ3) is 3.46. The molecule has 0 bridgehead atoms. The number of rotatable bonds is 5. The molecule has 2 heterocycles. The lowest BCUT2D eigenvalue weighted by molar-refractivity contribution is 0.0684. The summed E-state index contributed by atoms with van der Waals surface area (Å²) in [6, 6.07) is 9.64. The number of morpholine rings is 1. The van der Waals surface area contributed by atoms with Gasteiger partial charge in [-0.25, -0.2) is 14.8 Å². The first-order valence-electron chi connectivity index (χ1n) is 7.76. The molecular formula is C17H19N3O4. The van der Waals surface area contributed by atoms with Crippen LogP contribution in [0.3, 0.4) is 0 Å². The SMILES string of the molecule is CC1COCCN1c1ncnc(C(=O)O)c1OCc1ccccc1. The van der Waals surface area contributed by atoms with Crippen LogP contribution in [0.1, 0.15) is 23.0 Å². The highest BCUT2D eigenvalue weighted by molar-refractivity contribution is 5.90. The van der Waals surface area contributed by atoms with Crippen molar-refractivity contribution < 1.29 is 19.4 Å². The van der Waals surface area contributed by atoms with Crippen LogP contribution in [0.15, 0.2) is 36.7 Å². The molecule has 126 valence electrons. The van der Waals surface area contributed by atoms with Crippen LogP contribution in [0.2, 0.25) is 0 Å². The summed E-state index contributed by atoms with van der Waals surface area (Å²) >= 11 is 0. The van der Waals surface area contributed by atoms with Gasteiger partial charge < -0.3 is 19.5 Å². The van der Waals surface area contributed by atoms with E-state index in [2.05, 4.69) is 9.97 Å². The first-order chi connectivity index (χ1) is 11.7. The lowest BCUT2D eigenvalue weighted by Gasteiger charge is -2.35. The third-order valence-electron chi connectivity index (χ3n) is 3.85. The quantitative estimate of drug-likeness (QED) is 0.897. The van der Waals surface area contributed by atoms with Crippen molar-refractivity contribution in [3.05, 3.63) is 47.9 Å². The van der Waals surface area contributed by atoms with Crippen LogP contribution in [-0.2, 0) is 11.3 Å². The van der Waals surface area contributed by atoms with Gasteiger partial charge in [0.05, 0.1) is 19.3 Å². The van der Waals surface area contributed by atoms with Crippen LogP contribution >= 0.6 is 0 Å². The molecule has 7 heteroatoms. The van der Waals surface area contributed by atoms with Gasteiger partial charge in [0.1, 0.15) is 12.9 Å². The van der Waals surface area contributed by atoms with E-state index in [-0.39, 0.29) is 24.1 Å². The molecule has 2 aromatic rings. The highest BCUT2D eigenvalue weighted by Crippen LogP contribution is 2.31. The van der Waals surface area contributed by atoms with E-state index in [9.17, 15) is 9.90 Å². The van der Waals surface area contributed by atoms with Crippen molar-refractivity contribution in [2.24, 2.45) is 0 Å². The van der Waals surface area contributed by atoms with Crippen molar-refractivity contribution in [1.29, 1.82) is 0 Å². The Morgan fingerprint density at radius 3 is 2.88 bits per heavy atom. The average Bonchev–Trinajstić information content (AvgIpc) is 2.61. The molecule has 0 aliphatic carbocycles. The van der Waals surface area contributed by atoms with Gasteiger partial charge in [-0.2, -0.15) is 0 Å². The fraction of sp³-hybridized carbons (Fsp3) is 0.353. The van der Waals surface area contributed by atoms with Gasteiger partial charge in [-0.15, -0.1) is 0 Å². The largest absolute Gasteiger partial charge is 0.483 e. The molecule has 0 amide bonds. The summed E-state index contributed by atoms with van der Waals surface area (Å²) in [4.78, 5) is 21.7. The first-order valence-corrected chi connectivity index (χ1v) is 7.76. The van der Waals surface area contributed by atoms with Crippen LogP contribution < -0.4 is 9.64 Å². The summed E-state index contributed by atoms with van der Waals surface area (Å²) in [6.45, 7) is 4.00. The summed E-state index contributed by atoms with van der Waals surface area (Å²) in [5.74, 6) is -0.445. The van der Waals surface area contributed by atoms with Crippen LogP contribution in [0, 0.1) is 0 Å². The molecule has 3 rings (SSSR count). The van der Waals surface area contributed by atoms with E-state index in [1.807, 2.05) is 42.2 Å². The zero-order chi connectivity index (χ0) is 16.9. The number of hydrogen-bond donors (Lipinski definition) is 1. The van der Waals surface area contributed by atoms with Crippen molar-refractivity contribution in [2.45, 2.75) is 19.6 Å². The number of benzene rings is 1. The molecule has 0 radical (unpaired) electrons. The first kappa shape index (κ1) is 16.2. The average molecular weight is 329 g/mol. The number of carboxylic acids is 1. The van der Waals surface area contributed by atoms with E-state index in [0.29, 0.717) is 25.6 Å². The molecule has 0 spiro atoms. The monoisotopic (exact) mass is 329 g/mol. The number of ether oxygens (including phenoxy) is 2. The molecule has 1 N–H and O–H groups in total. The minimum absolute atomic E-state index is 0.0781.